The van der Waals surface area contributed by atoms with Crippen LogP contribution in [0.25, 0.3) is 0 Å². The van der Waals surface area contributed by atoms with E-state index in [0.717, 1.165) is 4.31 Å². The molecular weight excluding hydrogens is 594 g/mol. The van der Waals surface area contributed by atoms with E-state index in [1.807, 2.05) is 13.8 Å². The lowest BCUT2D eigenvalue weighted by Crippen LogP contribution is -2.51. The molecule has 1 N–H and O–H groups in total. The molecule has 1 atom stereocenters. The molecule has 0 saturated heterocycles. The van der Waals surface area contributed by atoms with Gasteiger partial charge in [-0.1, -0.05) is 36.7 Å². The molecule has 0 saturated carbocycles. The zero-order chi connectivity index (χ0) is 31.6. The zero-order valence-electron chi connectivity index (χ0n) is 25.0. The molecule has 0 radical (unpaired) electrons. The fourth-order valence-electron chi connectivity index (χ4n) is 4.30. The first kappa shape index (κ1) is 33.5. The number of halogens is 1. The van der Waals surface area contributed by atoms with Gasteiger partial charge >= 0.3 is 0 Å². The Bertz CT molecular complexity index is 1500. The van der Waals surface area contributed by atoms with Crippen molar-refractivity contribution in [2.24, 2.45) is 0 Å². The average molecular weight is 632 g/mol. The van der Waals surface area contributed by atoms with Crippen molar-refractivity contribution in [2.75, 3.05) is 38.2 Å². The van der Waals surface area contributed by atoms with Gasteiger partial charge in [0.2, 0.25) is 11.8 Å². The molecule has 2 amide bonds. The Hall–Kier alpha value is -3.96. The molecule has 0 heterocycles. The zero-order valence-corrected chi connectivity index (χ0v) is 26.6. The molecule has 0 bridgehead atoms. The molecule has 0 aromatic heterocycles. The molecule has 232 valence electrons. The number of methoxy groups -OCH3 is 2. The number of ether oxygens (including phenoxy) is 3. The number of sulfonamides is 1. The van der Waals surface area contributed by atoms with Crippen LogP contribution < -0.4 is 23.8 Å². The summed E-state index contributed by atoms with van der Waals surface area (Å²) in [6.07, 6.45) is 0.714. The van der Waals surface area contributed by atoms with Crippen LogP contribution in [0.3, 0.4) is 0 Å². The Morgan fingerprint density at radius 2 is 1.63 bits per heavy atom. The molecule has 0 aliphatic heterocycles. The molecule has 0 unspecified atom stereocenters. The van der Waals surface area contributed by atoms with E-state index in [2.05, 4.69) is 5.32 Å². The van der Waals surface area contributed by atoms with Crippen LogP contribution in [0.2, 0.25) is 5.02 Å². The number of nitrogens with zero attached hydrogens (tertiary/aromatic N) is 2. The first-order valence-electron chi connectivity index (χ1n) is 13.9. The summed E-state index contributed by atoms with van der Waals surface area (Å²) < 4.78 is 45.4. The van der Waals surface area contributed by atoms with Gasteiger partial charge in [-0.25, -0.2) is 8.42 Å². The highest BCUT2D eigenvalue weighted by Crippen LogP contribution is 2.33. The minimum Gasteiger partial charge on any atom is -0.494 e. The Morgan fingerprint density at radius 1 is 0.953 bits per heavy atom. The van der Waals surface area contributed by atoms with Crippen LogP contribution in [0.1, 0.15) is 32.8 Å². The lowest BCUT2D eigenvalue weighted by Gasteiger charge is -2.32. The van der Waals surface area contributed by atoms with Crippen LogP contribution in [-0.4, -0.2) is 65.1 Å². The van der Waals surface area contributed by atoms with Gasteiger partial charge in [-0.15, -0.1) is 0 Å². The van der Waals surface area contributed by atoms with Gasteiger partial charge < -0.3 is 24.4 Å². The summed E-state index contributed by atoms with van der Waals surface area (Å²) >= 11 is 6.41. The molecular formula is C31H38ClN3O7S. The first-order valence-corrected chi connectivity index (χ1v) is 15.7. The maximum atomic E-state index is 14.2. The van der Waals surface area contributed by atoms with Gasteiger partial charge in [-0.05, 0) is 68.3 Å². The SMILES string of the molecule is CCCNC(=O)[C@@H](C)N(Cc1ccccc1Cl)C(=O)CN(c1ccc(OCC)cc1)S(=O)(=O)c1ccc(OC)c(OC)c1. The van der Waals surface area contributed by atoms with Crippen molar-refractivity contribution >= 4 is 39.1 Å². The van der Waals surface area contributed by atoms with Crippen LogP contribution >= 0.6 is 11.6 Å². The van der Waals surface area contributed by atoms with Crippen molar-refractivity contribution in [2.45, 2.75) is 44.7 Å². The molecule has 0 fully saturated rings. The smallest absolute Gasteiger partial charge is 0.264 e. The van der Waals surface area contributed by atoms with Crippen molar-refractivity contribution in [3.63, 3.8) is 0 Å². The molecule has 0 aliphatic carbocycles. The molecule has 0 spiro atoms. The van der Waals surface area contributed by atoms with Crippen LogP contribution in [0.5, 0.6) is 17.2 Å². The van der Waals surface area contributed by atoms with E-state index in [1.165, 1.54) is 37.3 Å². The highest BCUT2D eigenvalue weighted by Gasteiger charge is 2.33. The number of hydrogen-bond donors (Lipinski definition) is 1. The first-order chi connectivity index (χ1) is 20.6. The van der Waals surface area contributed by atoms with E-state index < -0.39 is 28.5 Å². The molecule has 12 heteroatoms. The summed E-state index contributed by atoms with van der Waals surface area (Å²) in [6.45, 7) is 5.62. The Morgan fingerprint density at radius 3 is 2.23 bits per heavy atom. The average Bonchev–Trinajstić information content (AvgIpc) is 3.01. The van der Waals surface area contributed by atoms with Gasteiger partial charge in [-0.3, -0.25) is 13.9 Å². The normalized spacial score (nSPS) is 11.8. The number of hydrogen-bond acceptors (Lipinski definition) is 7. The number of carbonyl (C=O) groups is 2. The number of nitrogens with one attached hydrogen (secondary N) is 1. The Balaban J connectivity index is 2.08. The van der Waals surface area contributed by atoms with E-state index in [4.69, 9.17) is 25.8 Å². The maximum absolute atomic E-state index is 14.2. The summed E-state index contributed by atoms with van der Waals surface area (Å²) in [4.78, 5) is 28.3. The minimum absolute atomic E-state index is 0.00720. The van der Waals surface area contributed by atoms with Crippen LogP contribution in [0, 0.1) is 0 Å². The third kappa shape index (κ3) is 8.32. The molecule has 3 aromatic rings. The van der Waals surface area contributed by atoms with Gasteiger partial charge in [0.15, 0.2) is 11.5 Å². The van der Waals surface area contributed by atoms with Crippen molar-refractivity contribution in [1.82, 2.24) is 10.2 Å². The fourth-order valence-corrected chi connectivity index (χ4v) is 5.92. The summed E-state index contributed by atoms with van der Waals surface area (Å²) in [5, 5.41) is 3.23. The fraction of sp³-hybridized carbons (Fsp3) is 0.355. The Kier molecular flexibility index (Phi) is 12.1. The summed E-state index contributed by atoms with van der Waals surface area (Å²) in [5.74, 6) is 0.142. The lowest BCUT2D eigenvalue weighted by molar-refractivity contribution is -0.139. The second kappa shape index (κ2) is 15.5. The molecule has 10 nitrogen and oxygen atoms in total. The van der Waals surface area contributed by atoms with Gasteiger partial charge in [0.25, 0.3) is 10.0 Å². The minimum atomic E-state index is -4.32. The maximum Gasteiger partial charge on any atom is 0.264 e. The summed E-state index contributed by atoms with van der Waals surface area (Å²) in [7, 11) is -1.47. The summed E-state index contributed by atoms with van der Waals surface area (Å²) in [5.41, 5.74) is 0.843. The molecule has 3 aromatic carbocycles. The van der Waals surface area contributed by atoms with Gasteiger partial charge in [0.1, 0.15) is 18.3 Å². The van der Waals surface area contributed by atoms with Gasteiger partial charge in [-0.2, -0.15) is 0 Å². The number of amides is 2. The van der Waals surface area contributed by atoms with E-state index in [9.17, 15) is 18.0 Å². The molecule has 43 heavy (non-hydrogen) atoms. The number of benzene rings is 3. The molecule has 3 rings (SSSR count). The van der Waals surface area contributed by atoms with Crippen LogP contribution in [0.4, 0.5) is 5.69 Å². The van der Waals surface area contributed by atoms with Crippen molar-refractivity contribution < 1.29 is 32.2 Å². The second-order valence-electron chi connectivity index (χ2n) is 9.54. The third-order valence-corrected chi connectivity index (χ3v) is 8.81. The van der Waals surface area contributed by atoms with Crippen LogP contribution in [-0.2, 0) is 26.2 Å². The van der Waals surface area contributed by atoms with E-state index in [1.54, 1.807) is 55.5 Å². The monoisotopic (exact) mass is 631 g/mol. The van der Waals surface area contributed by atoms with Crippen molar-refractivity contribution in [1.29, 1.82) is 0 Å². The quantitative estimate of drug-likeness (QED) is 0.254. The number of carbonyl (C=O) groups excluding carboxylic acids is 2. The topological polar surface area (TPSA) is 114 Å². The van der Waals surface area contributed by atoms with Gasteiger partial charge in [0.05, 0.1) is 31.4 Å². The third-order valence-electron chi connectivity index (χ3n) is 6.67. The van der Waals surface area contributed by atoms with Crippen LogP contribution in [0.15, 0.2) is 71.6 Å². The summed E-state index contributed by atoms with van der Waals surface area (Å²) in [6, 6.07) is 16.6. The predicted molar refractivity (Wildman–Crippen MR) is 166 cm³/mol. The van der Waals surface area contributed by atoms with E-state index in [0.29, 0.717) is 41.7 Å². The number of anilines is 1. The standard InChI is InChI=1S/C31H38ClN3O7S/c1-6-18-33-31(37)22(3)34(20-23-10-8-9-11-27(23)32)30(36)21-35(24-12-14-25(15-13-24)42-7-2)43(38,39)26-16-17-28(40-4)29(19-26)41-5/h8-17,19,22H,6-7,18,20-21H2,1-5H3,(H,33,37)/t22-/m1/s1. The highest BCUT2D eigenvalue weighted by molar-refractivity contribution is 7.92. The highest BCUT2D eigenvalue weighted by atomic mass is 35.5. The van der Waals surface area contributed by atoms with E-state index in [-0.39, 0.29) is 28.8 Å². The Labute approximate surface area is 258 Å². The largest absolute Gasteiger partial charge is 0.494 e. The molecule has 0 aliphatic rings. The van der Waals surface area contributed by atoms with Gasteiger partial charge in [0, 0.05) is 24.2 Å². The lowest BCUT2D eigenvalue weighted by atomic mass is 10.1. The second-order valence-corrected chi connectivity index (χ2v) is 11.8. The predicted octanol–water partition coefficient (Wildman–Crippen LogP) is 4.89. The van der Waals surface area contributed by atoms with Crippen molar-refractivity contribution in [3.8, 4) is 17.2 Å². The number of rotatable bonds is 15. The van der Waals surface area contributed by atoms with E-state index >= 15 is 0 Å². The van der Waals surface area contributed by atoms with Crippen molar-refractivity contribution in [3.05, 3.63) is 77.3 Å².